The van der Waals surface area contributed by atoms with Crippen molar-refractivity contribution < 1.29 is 4.39 Å². The van der Waals surface area contributed by atoms with E-state index < -0.39 is 0 Å². The molecule has 0 amide bonds. The zero-order chi connectivity index (χ0) is 13.0. The van der Waals surface area contributed by atoms with Crippen LogP contribution in [-0.4, -0.2) is 6.04 Å². The maximum Gasteiger partial charge on any atom is 0.126 e. The fraction of sp³-hybridized carbons (Fsp3) is 0.231. The lowest BCUT2D eigenvalue weighted by molar-refractivity contribution is 0.509. The monoisotopic (exact) mass is 284 g/mol. The molecule has 2 rings (SSSR count). The number of thiophene rings is 1. The molecule has 1 atom stereocenters. The number of hydrogen-bond donors (Lipinski definition) is 2. The van der Waals surface area contributed by atoms with Crippen LogP contribution in [0.1, 0.15) is 10.4 Å². The van der Waals surface area contributed by atoms with Crippen LogP contribution in [0.3, 0.4) is 0 Å². The van der Waals surface area contributed by atoms with Crippen LogP contribution < -0.4 is 11.3 Å². The quantitative estimate of drug-likeness (QED) is 0.654. The number of nitrogens with one attached hydrogen (secondary N) is 1. The van der Waals surface area contributed by atoms with Gasteiger partial charge in [0.2, 0.25) is 0 Å². The molecule has 0 fully saturated rings. The third-order valence-electron chi connectivity index (χ3n) is 2.74. The summed E-state index contributed by atoms with van der Waals surface area (Å²) in [6.45, 7) is 0. The van der Waals surface area contributed by atoms with Crippen LogP contribution in [0, 0.1) is 5.82 Å². The first-order chi connectivity index (χ1) is 8.69. The average molecular weight is 285 g/mol. The van der Waals surface area contributed by atoms with Crippen molar-refractivity contribution >= 4 is 22.9 Å². The summed E-state index contributed by atoms with van der Waals surface area (Å²) in [7, 11) is 0. The molecular formula is C13H14ClFN2S. The van der Waals surface area contributed by atoms with E-state index in [1.54, 1.807) is 23.5 Å². The van der Waals surface area contributed by atoms with Crippen molar-refractivity contribution in [3.05, 3.63) is 57.0 Å². The van der Waals surface area contributed by atoms with Crippen molar-refractivity contribution in [1.82, 2.24) is 5.43 Å². The Morgan fingerprint density at radius 2 is 2.17 bits per heavy atom. The highest BCUT2D eigenvalue weighted by Gasteiger charge is 2.12. The van der Waals surface area contributed by atoms with E-state index in [1.807, 2.05) is 17.5 Å². The second-order valence-electron chi connectivity index (χ2n) is 4.09. The van der Waals surface area contributed by atoms with Gasteiger partial charge in [-0.1, -0.05) is 17.7 Å². The molecule has 96 valence electrons. The van der Waals surface area contributed by atoms with Gasteiger partial charge in [-0.2, -0.15) is 0 Å². The van der Waals surface area contributed by atoms with E-state index in [9.17, 15) is 4.39 Å². The van der Waals surface area contributed by atoms with Gasteiger partial charge in [0.1, 0.15) is 5.82 Å². The molecule has 1 unspecified atom stereocenters. The number of hydrogen-bond acceptors (Lipinski definition) is 3. The smallest absolute Gasteiger partial charge is 0.126 e. The van der Waals surface area contributed by atoms with Crippen LogP contribution in [-0.2, 0) is 12.8 Å². The van der Waals surface area contributed by atoms with Crippen LogP contribution in [0.4, 0.5) is 4.39 Å². The third-order valence-corrected chi connectivity index (χ3v) is 3.87. The Bertz CT molecular complexity index is 502. The molecule has 0 spiro atoms. The molecule has 0 aliphatic heterocycles. The fourth-order valence-corrected chi connectivity index (χ4v) is 2.81. The normalized spacial score (nSPS) is 12.6. The maximum absolute atomic E-state index is 13.6. The number of hydrazine groups is 1. The van der Waals surface area contributed by atoms with Gasteiger partial charge in [0.25, 0.3) is 0 Å². The van der Waals surface area contributed by atoms with E-state index >= 15 is 0 Å². The third kappa shape index (κ3) is 3.53. The molecule has 1 heterocycles. The Morgan fingerprint density at radius 1 is 1.33 bits per heavy atom. The topological polar surface area (TPSA) is 38.0 Å². The maximum atomic E-state index is 13.6. The van der Waals surface area contributed by atoms with Crippen molar-refractivity contribution in [3.8, 4) is 0 Å². The highest BCUT2D eigenvalue weighted by Crippen LogP contribution is 2.18. The number of halogens is 2. The predicted octanol–water partition coefficient (Wildman–Crippen LogP) is 3.16. The fourth-order valence-electron chi connectivity index (χ4n) is 1.83. The number of benzene rings is 1. The van der Waals surface area contributed by atoms with E-state index in [4.69, 9.17) is 17.4 Å². The Kier molecular flexibility index (Phi) is 4.72. The van der Waals surface area contributed by atoms with Crippen LogP contribution >= 0.6 is 22.9 Å². The first-order valence-electron chi connectivity index (χ1n) is 5.61. The lowest BCUT2D eigenvalue weighted by Crippen LogP contribution is -2.38. The van der Waals surface area contributed by atoms with E-state index in [1.165, 1.54) is 10.9 Å². The summed E-state index contributed by atoms with van der Waals surface area (Å²) in [6.07, 6.45) is 1.29. The summed E-state index contributed by atoms with van der Waals surface area (Å²) in [4.78, 5) is 1.22. The second-order valence-corrected chi connectivity index (χ2v) is 5.56. The lowest BCUT2D eigenvalue weighted by Gasteiger charge is -2.15. The predicted molar refractivity (Wildman–Crippen MR) is 74.2 cm³/mol. The molecule has 0 radical (unpaired) electrons. The molecule has 1 aromatic carbocycles. The molecule has 0 bridgehead atoms. The van der Waals surface area contributed by atoms with Crippen LogP contribution in [0.25, 0.3) is 0 Å². The van der Waals surface area contributed by atoms with Gasteiger partial charge in [-0.05, 0) is 48.1 Å². The molecule has 0 aliphatic rings. The molecule has 5 heteroatoms. The van der Waals surface area contributed by atoms with Crippen molar-refractivity contribution in [2.24, 2.45) is 5.84 Å². The highest BCUT2D eigenvalue weighted by molar-refractivity contribution is 7.09. The Balaban J connectivity index is 2.07. The lowest BCUT2D eigenvalue weighted by atomic mass is 10.0. The van der Waals surface area contributed by atoms with Crippen molar-refractivity contribution in [3.63, 3.8) is 0 Å². The molecule has 0 saturated carbocycles. The summed E-state index contributed by atoms with van der Waals surface area (Å²) in [5, 5.41) is 2.56. The standard InChI is InChI=1S/C13H14ClFN2S/c14-10-3-4-13(15)9(6-10)7-11(17-16)8-12-2-1-5-18-12/h1-6,11,17H,7-8,16H2. The Morgan fingerprint density at radius 3 is 2.83 bits per heavy atom. The molecule has 3 N–H and O–H groups in total. The van der Waals surface area contributed by atoms with Gasteiger partial charge < -0.3 is 0 Å². The molecule has 0 aliphatic carbocycles. The minimum Gasteiger partial charge on any atom is -0.271 e. The van der Waals surface area contributed by atoms with Crippen LogP contribution in [0.2, 0.25) is 5.02 Å². The molecule has 2 aromatic rings. The SMILES string of the molecule is NNC(Cc1cccs1)Cc1cc(Cl)ccc1F. The van der Waals surface area contributed by atoms with E-state index in [0.29, 0.717) is 17.0 Å². The van der Waals surface area contributed by atoms with Crippen molar-refractivity contribution in [2.45, 2.75) is 18.9 Å². The number of nitrogens with two attached hydrogens (primary N) is 1. The first-order valence-corrected chi connectivity index (χ1v) is 6.87. The molecule has 0 saturated heterocycles. The van der Waals surface area contributed by atoms with E-state index in [-0.39, 0.29) is 11.9 Å². The van der Waals surface area contributed by atoms with Gasteiger partial charge in [-0.25, -0.2) is 4.39 Å². The zero-order valence-corrected chi connectivity index (χ0v) is 11.3. The summed E-state index contributed by atoms with van der Waals surface area (Å²) in [5.41, 5.74) is 3.32. The Hall–Kier alpha value is -0.940. The molecule has 18 heavy (non-hydrogen) atoms. The largest absolute Gasteiger partial charge is 0.271 e. The summed E-state index contributed by atoms with van der Waals surface area (Å²) < 4.78 is 13.6. The van der Waals surface area contributed by atoms with Crippen molar-refractivity contribution in [1.29, 1.82) is 0 Å². The molecule has 1 aromatic heterocycles. The molecular weight excluding hydrogens is 271 g/mol. The average Bonchev–Trinajstić information content (AvgIpc) is 2.85. The van der Waals surface area contributed by atoms with Crippen LogP contribution in [0.5, 0.6) is 0 Å². The van der Waals surface area contributed by atoms with Gasteiger partial charge >= 0.3 is 0 Å². The van der Waals surface area contributed by atoms with E-state index in [2.05, 4.69) is 5.43 Å². The van der Waals surface area contributed by atoms with Gasteiger partial charge in [-0.15, -0.1) is 11.3 Å². The van der Waals surface area contributed by atoms with Crippen molar-refractivity contribution in [2.75, 3.05) is 0 Å². The molecule has 2 nitrogen and oxygen atoms in total. The highest BCUT2D eigenvalue weighted by atomic mass is 35.5. The zero-order valence-electron chi connectivity index (χ0n) is 9.70. The number of rotatable bonds is 5. The van der Waals surface area contributed by atoms with E-state index in [0.717, 1.165) is 6.42 Å². The minimum atomic E-state index is -0.245. The van der Waals surface area contributed by atoms with Gasteiger partial charge in [-0.3, -0.25) is 11.3 Å². The second kappa shape index (κ2) is 6.29. The summed E-state index contributed by atoms with van der Waals surface area (Å²) in [6, 6.07) is 8.62. The Labute approximate surface area is 115 Å². The minimum absolute atomic E-state index is 0.00313. The summed E-state index contributed by atoms with van der Waals surface area (Å²) in [5.74, 6) is 5.28. The van der Waals surface area contributed by atoms with Crippen LogP contribution in [0.15, 0.2) is 35.7 Å². The van der Waals surface area contributed by atoms with Gasteiger partial charge in [0.15, 0.2) is 0 Å². The van der Waals surface area contributed by atoms with Gasteiger partial charge in [0.05, 0.1) is 0 Å². The summed E-state index contributed by atoms with van der Waals surface area (Å²) >= 11 is 7.54. The first kappa shape index (κ1) is 13.5. The van der Waals surface area contributed by atoms with Gasteiger partial charge in [0, 0.05) is 15.9 Å².